The Hall–Kier alpha value is -3.68. The number of carbonyl (C=O) groups excluding carboxylic acids is 4. The molecule has 0 radical (unpaired) electrons. The molecule has 0 aromatic heterocycles. The molecule has 0 atom stereocenters. The number of benzene rings is 2. The molecule has 0 spiro atoms. The fourth-order valence-electron chi connectivity index (χ4n) is 2.54. The van der Waals surface area contributed by atoms with Crippen LogP contribution in [0.5, 0.6) is 0 Å². The standard InChI is InChI=1S/C23H26N2O6/c1-3-13-30-23(29)17-7-9-18(10-8-17)24-20(26)11-12-22(28)31-15-21(27)25-19-6-4-5-16(2)14-19/h4-10,14H,3,11-13,15H2,1-2H3,(H,24,26)(H,25,27). The Labute approximate surface area is 180 Å². The maximum absolute atomic E-state index is 12.0. The molecule has 0 heterocycles. The Balaban J connectivity index is 1.69. The number of anilines is 2. The van der Waals surface area contributed by atoms with Crippen LogP contribution in [0.25, 0.3) is 0 Å². The van der Waals surface area contributed by atoms with Gasteiger partial charge in [-0.15, -0.1) is 0 Å². The summed E-state index contributed by atoms with van der Waals surface area (Å²) in [6, 6.07) is 13.5. The number of hydrogen-bond acceptors (Lipinski definition) is 6. The minimum atomic E-state index is -0.649. The lowest BCUT2D eigenvalue weighted by molar-refractivity contribution is -0.147. The molecule has 164 valence electrons. The maximum Gasteiger partial charge on any atom is 0.338 e. The van der Waals surface area contributed by atoms with Crippen LogP contribution in [0.1, 0.15) is 42.1 Å². The average molecular weight is 426 g/mol. The average Bonchev–Trinajstić information content (AvgIpc) is 2.75. The highest BCUT2D eigenvalue weighted by Crippen LogP contribution is 2.12. The van der Waals surface area contributed by atoms with Crippen molar-refractivity contribution >= 4 is 35.1 Å². The first-order chi connectivity index (χ1) is 14.9. The van der Waals surface area contributed by atoms with Gasteiger partial charge in [-0.2, -0.15) is 0 Å². The van der Waals surface area contributed by atoms with Gasteiger partial charge in [-0.25, -0.2) is 4.79 Å². The zero-order chi connectivity index (χ0) is 22.6. The molecule has 2 rings (SSSR count). The van der Waals surface area contributed by atoms with Gasteiger partial charge in [-0.3, -0.25) is 14.4 Å². The van der Waals surface area contributed by atoms with Crippen LogP contribution in [0.3, 0.4) is 0 Å². The smallest absolute Gasteiger partial charge is 0.338 e. The van der Waals surface area contributed by atoms with Crippen molar-refractivity contribution < 1.29 is 28.7 Å². The molecular formula is C23H26N2O6. The zero-order valence-corrected chi connectivity index (χ0v) is 17.6. The summed E-state index contributed by atoms with van der Waals surface area (Å²) in [4.78, 5) is 47.4. The van der Waals surface area contributed by atoms with Crippen LogP contribution < -0.4 is 10.6 Å². The summed E-state index contributed by atoms with van der Waals surface area (Å²) < 4.78 is 9.93. The van der Waals surface area contributed by atoms with Crippen molar-refractivity contribution in [3.05, 3.63) is 59.7 Å². The van der Waals surface area contributed by atoms with E-state index in [1.807, 2.05) is 19.9 Å². The predicted molar refractivity (Wildman–Crippen MR) is 116 cm³/mol. The van der Waals surface area contributed by atoms with Gasteiger partial charge in [-0.1, -0.05) is 19.1 Å². The van der Waals surface area contributed by atoms with E-state index < -0.39 is 24.5 Å². The van der Waals surface area contributed by atoms with Crippen molar-refractivity contribution in [1.29, 1.82) is 0 Å². The number of nitrogens with one attached hydrogen (secondary N) is 2. The van der Waals surface area contributed by atoms with Crippen molar-refractivity contribution in [3.8, 4) is 0 Å². The minimum absolute atomic E-state index is 0.0986. The van der Waals surface area contributed by atoms with E-state index in [0.29, 0.717) is 23.5 Å². The van der Waals surface area contributed by atoms with Crippen LogP contribution in [-0.2, 0) is 23.9 Å². The van der Waals surface area contributed by atoms with Crippen molar-refractivity contribution in [2.24, 2.45) is 0 Å². The second kappa shape index (κ2) is 12.1. The number of rotatable bonds is 10. The molecule has 0 saturated heterocycles. The summed E-state index contributed by atoms with van der Waals surface area (Å²) in [5.74, 6) is -1.92. The van der Waals surface area contributed by atoms with Gasteiger partial charge in [0, 0.05) is 17.8 Å². The van der Waals surface area contributed by atoms with Crippen LogP contribution in [0.2, 0.25) is 0 Å². The van der Waals surface area contributed by atoms with Gasteiger partial charge in [0.05, 0.1) is 18.6 Å². The van der Waals surface area contributed by atoms with E-state index in [2.05, 4.69) is 10.6 Å². The summed E-state index contributed by atoms with van der Waals surface area (Å²) in [5.41, 5.74) is 2.49. The van der Waals surface area contributed by atoms with Crippen molar-refractivity contribution in [2.75, 3.05) is 23.8 Å². The number of ether oxygens (including phenoxy) is 2. The molecule has 2 N–H and O–H groups in total. The lowest BCUT2D eigenvalue weighted by Crippen LogP contribution is -2.21. The third-order valence-corrected chi connectivity index (χ3v) is 4.06. The van der Waals surface area contributed by atoms with Crippen LogP contribution >= 0.6 is 0 Å². The molecular weight excluding hydrogens is 400 g/mol. The van der Waals surface area contributed by atoms with E-state index in [1.54, 1.807) is 42.5 Å². The first-order valence-corrected chi connectivity index (χ1v) is 9.96. The van der Waals surface area contributed by atoms with Gasteiger partial charge in [0.15, 0.2) is 6.61 Å². The molecule has 2 aromatic carbocycles. The Kier molecular flexibility index (Phi) is 9.22. The molecule has 2 aromatic rings. The van der Waals surface area contributed by atoms with E-state index >= 15 is 0 Å². The Morgan fingerprint density at radius 2 is 1.55 bits per heavy atom. The van der Waals surface area contributed by atoms with Gasteiger partial charge in [0.2, 0.25) is 5.91 Å². The molecule has 8 heteroatoms. The van der Waals surface area contributed by atoms with Gasteiger partial charge in [0.25, 0.3) is 5.91 Å². The van der Waals surface area contributed by atoms with E-state index in [9.17, 15) is 19.2 Å². The van der Waals surface area contributed by atoms with E-state index in [1.165, 1.54) is 0 Å². The third kappa shape index (κ3) is 8.69. The summed E-state index contributed by atoms with van der Waals surface area (Å²) in [5, 5.41) is 5.26. The molecule has 0 bridgehead atoms. The van der Waals surface area contributed by atoms with Crippen molar-refractivity contribution in [3.63, 3.8) is 0 Å². The van der Waals surface area contributed by atoms with Gasteiger partial charge in [0.1, 0.15) is 0 Å². The second-order valence-electron chi connectivity index (χ2n) is 6.84. The van der Waals surface area contributed by atoms with Crippen LogP contribution in [0.4, 0.5) is 11.4 Å². The summed E-state index contributed by atoms with van der Waals surface area (Å²) in [7, 11) is 0. The summed E-state index contributed by atoms with van der Waals surface area (Å²) >= 11 is 0. The number of esters is 2. The molecule has 31 heavy (non-hydrogen) atoms. The lowest BCUT2D eigenvalue weighted by atomic mass is 10.2. The fourth-order valence-corrected chi connectivity index (χ4v) is 2.54. The van der Waals surface area contributed by atoms with Crippen LogP contribution in [0.15, 0.2) is 48.5 Å². The zero-order valence-electron chi connectivity index (χ0n) is 17.6. The number of amides is 2. The van der Waals surface area contributed by atoms with Crippen LogP contribution in [0, 0.1) is 6.92 Å². The third-order valence-electron chi connectivity index (χ3n) is 4.06. The SMILES string of the molecule is CCCOC(=O)c1ccc(NC(=O)CCC(=O)OCC(=O)Nc2cccc(C)c2)cc1. The number of hydrogen-bond donors (Lipinski definition) is 2. The van der Waals surface area contributed by atoms with Gasteiger partial charge < -0.3 is 20.1 Å². The predicted octanol–water partition coefficient (Wildman–Crippen LogP) is 3.46. The minimum Gasteiger partial charge on any atom is -0.462 e. The normalized spacial score (nSPS) is 10.1. The molecule has 0 aliphatic heterocycles. The fraction of sp³-hybridized carbons (Fsp3) is 0.304. The van der Waals surface area contributed by atoms with Crippen molar-refractivity contribution in [2.45, 2.75) is 33.1 Å². The molecule has 0 aliphatic carbocycles. The monoisotopic (exact) mass is 426 g/mol. The Morgan fingerprint density at radius 1 is 0.839 bits per heavy atom. The quantitative estimate of drug-likeness (QED) is 0.563. The number of carbonyl (C=O) groups is 4. The maximum atomic E-state index is 12.0. The topological polar surface area (TPSA) is 111 Å². The second-order valence-corrected chi connectivity index (χ2v) is 6.84. The van der Waals surface area contributed by atoms with Crippen molar-refractivity contribution in [1.82, 2.24) is 0 Å². The first-order valence-electron chi connectivity index (χ1n) is 9.96. The number of aryl methyl sites for hydroxylation is 1. The summed E-state index contributed by atoms with van der Waals surface area (Å²) in [6.45, 7) is 3.73. The molecule has 0 unspecified atom stereocenters. The molecule has 0 aliphatic rings. The van der Waals surface area contributed by atoms with Crippen LogP contribution in [-0.4, -0.2) is 37.0 Å². The largest absolute Gasteiger partial charge is 0.462 e. The lowest BCUT2D eigenvalue weighted by Gasteiger charge is -2.08. The van der Waals surface area contributed by atoms with E-state index in [0.717, 1.165) is 12.0 Å². The highest BCUT2D eigenvalue weighted by molar-refractivity contribution is 5.95. The molecule has 0 saturated carbocycles. The summed E-state index contributed by atoms with van der Waals surface area (Å²) in [6.07, 6.45) is 0.476. The highest BCUT2D eigenvalue weighted by Gasteiger charge is 2.12. The molecule has 0 fully saturated rings. The Bertz CT molecular complexity index is 924. The highest BCUT2D eigenvalue weighted by atomic mass is 16.5. The van der Waals surface area contributed by atoms with E-state index in [-0.39, 0.29) is 18.7 Å². The molecule has 2 amide bonds. The van der Waals surface area contributed by atoms with Gasteiger partial charge in [-0.05, 0) is 55.3 Å². The Morgan fingerprint density at radius 3 is 2.23 bits per heavy atom. The van der Waals surface area contributed by atoms with Gasteiger partial charge >= 0.3 is 11.9 Å². The van der Waals surface area contributed by atoms with E-state index in [4.69, 9.17) is 9.47 Å². The molecule has 8 nitrogen and oxygen atoms in total. The first kappa shape index (κ1) is 23.6.